The summed E-state index contributed by atoms with van der Waals surface area (Å²) in [5, 5.41) is 0.167. The minimum atomic E-state index is -0.290. The van der Waals surface area contributed by atoms with Crippen molar-refractivity contribution in [2.24, 2.45) is 0 Å². The Labute approximate surface area is 121 Å². The summed E-state index contributed by atoms with van der Waals surface area (Å²) in [5.74, 6) is 0.572. The van der Waals surface area contributed by atoms with Gasteiger partial charge in [0.1, 0.15) is 5.02 Å². The van der Waals surface area contributed by atoms with Crippen LogP contribution in [0.2, 0.25) is 5.02 Å². The maximum atomic E-state index is 11.5. The van der Waals surface area contributed by atoms with Gasteiger partial charge in [0, 0.05) is 31.9 Å². The number of nitrogens with zero attached hydrogens (tertiary/aromatic N) is 3. The van der Waals surface area contributed by atoms with Crippen molar-refractivity contribution >= 4 is 23.1 Å². The van der Waals surface area contributed by atoms with E-state index in [1.165, 1.54) is 12.0 Å². The van der Waals surface area contributed by atoms with Crippen LogP contribution in [0.25, 0.3) is 0 Å². The Kier molecular flexibility index (Phi) is 3.60. The molecule has 0 atom stereocenters. The van der Waals surface area contributed by atoms with Gasteiger partial charge in [0.2, 0.25) is 0 Å². The predicted octanol–water partition coefficient (Wildman–Crippen LogP) is 1.75. The van der Waals surface area contributed by atoms with Gasteiger partial charge in [-0.25, -0.2) is 4.98 Å². The minimum Gasteiger partial charge on any atom is -0.368 e. The van der Waals surface area contributed by atoms with Crippen LogP contribution in [0.3, 0.4) is 0 Å². The van der Waals surface area contributed by atoms with Crippen LogP contribution in [0.1, 0.15) is 0 Å². The van der Waals surface area contributed by atoms with Gasteiger partial charge in [0.15, 0.2) is 5.82 Å². The fourth-order valence-electron chi connectivity index (χ4n) is 2.41. The van der Waals surface area contributed by atoms with Gasteiger partial charge in [-0.15, -0.1) is 0 Å². The molecule has 3 rings (SSSR count). The molecule has 20 heavy (non-hydrogen) atoms. The lowest BCUT2D eigenvalue weighted by Gasteiger charge is -2.36. The number of hydrogen-bond acceptors (Lipinski definition) is 4. The Balaban J connectivity index is 1.73. The maximum Gasteiger partial charge on any atom is 0.271 e. The third-order valence-corrected chi connectivity index (χ3v) is 3.82. The van der Waals surface area contributed by atoms with Crippen LogP contribution in [0.4, 0.5) is 11.5 Å². The lowest BCUT2D eigenvalue weighted by molar-refractivity contribution is 0.646. The van der Waals surface area contributed by atoms with Crippen LogP contribution in [0, 0.1) is 0 Å². The molecule has 0 spiro atoms. The highest BCUT2D eigenvalue weighted by atomic mass is 35.5. The quantitative estimate of drug-likeness (QED) is 0.915. The molecular weight excluding hydrogens is 276 g/mol. The molecule has 2 aromatic rings. The first-order chi connectivity index (χ1) is 9.75. The van der Waals surface area contributed by atoms with E-state index in [0.717, 1.165) is 26.2 Å². The normalized spacial score (nSPS) is 15.4. The molecule has 0 saturated carbocycles. The molecule has 0 aliphatic carbocycles. The number of H-pyrrole nitrogens is 1. The van der Waals surface area contributed by atoms with Crippen molar-refractivity contribution in [1.29, 1.82) is 0 Å². The Morgan fingerprint density at radius 1 is 1.05 bits per heavy atom. The van der Waals surface area contributed by atoms with Crippen LogP contribution in [0.5, 0.6) is 0 Å². The summed E-state index contributed by atoms with van der Waals surface area (Å²) in [6, 6.07) is 10.3. The standard InChI is InChI=1S/C14H15ClN4O/c15-12-13(16-10-17-14(12)20)19-8-6-18(7-9-19)11-4-2-1-3-5-11/h1-5,10H,6-9H2,(H,16,17,20). The van der Waals surface area contributed by atoms with Crippen LogP contribution < -0.4 is 15.4 Å². The Morgan fingerprint density at radius 3 is 2.40 bits per heavy atom. The second-order valence-corrected chi connectivity index (χ2v) is 5.06. The summed E-state index contributed by atoms with van der Waals surface area (Å²) in [7, 11) is 0. The number of rotatable bonds is 2. The highest BCUT2D eigenvalue weighted by Crippen LogP contribution is 2.22. The number of para-hydroxylation sites is 1. The van der Waals surface area contributed by atoms with Gasteiger partial charge in [-0.3, -0.25) is 4.79 Å². The van der Waals surface area contributed by atoms with E-state index in [9.17, 15) is 4.79 Å². The second kappa shape index (κ2) is 5.54. The SMILES string of the molecule is O=c1[nH]cnc(N2CCN(c3ccccc3)CC2)c1Cl. The molecule has 1 aliphatic rings. The second-order valence-electron chi connectivity index (χ2n) is 4.68. The van der Waals surface area contributed by atoms with Crippen molar-refractivity contribution in [3.05, 3.63) is 52.0 Å². The van der Waals surface area contributed by atoms with Crippen molar-refractivity contribution in [2.75, 3.05) is 36.0 Å². The van der Waals surface area contributed by atoms with Crippen molar-refractivity contribution in [1.82, 2.24) is 9.97 Å². The summed E-state index contributed by atoms with van der Waals surface area (Å²) < 4.78 is 0. The lowest BCUT2D eigenvalue weighted by Crippen LogP contribution is -2.47. The number of aromatic nitrogens is 2. The molecule has 104 valence electrons. The topological polar surface area (TPSA) is 52.2 Å². The largest absolute Gasteiger partial charge is 0.368 e. The predicted molar refractivity (Wildman–Crippen MR) is 80.7 cm³/mol. The number of hydrogen-bond donors (Lipinski definition) is 1. The minimum absolute atomic E-state index is 0.167. The number of benzene rings is 1. The molecule has 0 amide bonds. The summed E-state index contributed by atoms with van der Waals surface area (Å²) in [4.78, 5) is 22.5. The average molecular weight is 291 g/mol. The molecule has 1 saturated heterocycles. The fourth-order valence-corrected chi connectivity index (χ4v) is 2.63. The summed E-state index contributed by atoms with van der Waals surface area (Å²) in [5.41, 5.74) is 0.930. The van der Waals surface area contributed by atoms with Crippen LogP contribution in [-0.2, 0) is 0 Å². The van der Waals surface area contributed by atoms with Gasteiger partial charge in [-0.2, -0.15) is 0 Å². The first-order valence-corrected chi connectivity index (χ1v) is 6.91. The van der Waals surface area contributed by atoms with Crippen molar-refractivity contribution < 1.29 is 0 Å². The van der Waals surface area contributed by atoms with Crippen molar-refractivity contribution in [3.63, 3.8) is 0 Å². The monoisotopic (exact) mass is 290 g/mol. The van der Waals surface area contributed by atoms with E-state index in [1.807, 2.05) is 18.2 Å². The zero-order valence-electron chi connectivity index (χ0n) is 10.9. The molecule has 1 aromatic heterocycles. The first kappa shape index (κ1) is 13.0. The Bertz CT molecular complexity index is 635. The summed E-state index contributed by atoms with van der Waals surface area (Å²) in [6.07, 6.45) is 1.40. The lowest BCUT2D eigenvalue weighted by atomic mass is 10.2. The van der Waals surface area contributed by atoms with Crippen molar-refractivity contribution in [2.45, 2.75) is 0 Å². The molecule has 0 bridgehead atoms. The molecule has 6 heteroatoms. The zero-order valence-corrected chi connectivity index (χ0v) is 11.7. The van der Waals surface area contributed by atoms with Gasteiger partial charge in [-0.1, -0.05) is 29.8 Å². The highest BCUT2D eigenvalue weighted by molar-refractivity contribution is 6.32. The first-order valence-electron chi connectivity index (χ1n) is 6.54. The Morgan fingerprint density at radius 2 is 1.70 bits per heavy atom. The Hall–Kier alpha value is -2.01. The molecule has 2 heterocycles. The molecule has 0 unspecified atom stereocenters. The average Bonchev–Trinajstić information content (AvgIpc) is 2.51. The molecular formula is C14H15ClN4O. The van der Waals surface area contributed by atoms with Crippen LogP contribution in [0.15, 0.2) is 41.5 Å². The van der Waals surface area contributed by atoms with Gasteiger partial charge in [0.25, 0.3) is 5.56 Å². The third kappa shape index (κ3) is 2.49. The third-order valence-electron chi connectivity index (χ3n) is 3.48. The van der Waals surface area contributed by atoms with E-state index in [2.05, 4.69) is 31.9 Å². The number of anilines is 2. The molecule has 1 aromatic carbocycles. The highest BCUT2D eigenvalue weighted by Gasteiger charge is 2.20. The van der Waals surface area contributed by atoms with Gasteiger partial charge in [-0.05, 0) is 12.1 Å². The van der Waals surface area contributed by atoms with Gasteiger partial charge in [0.05, 0.1) is 6.33 Å². The van der Waals surface area contributed by atoms with E-state index < -0.39 is 0 Å². The van der Waals surface area contributed by atoms with E-state index in [-0.39, 0.29) is 10.6 Å². The van der Waals surface area contributed by atoms with Gasteiger partial charge >= 0.3 is 0 Å². The van der Waals surface area contributed by atoms with E-state index in [1.54, 1.807) is 0 Å². The summed E-state index contributed by atoms with van der Waals surface area (Å²) >= 11 is 6.02. The molecule has 1 N–H and O–H groups in total. The van der Waals surface area contributed by atoms with Gasteiger partial charge < -0.3 is 14.8 Å². The summed E-state index contributed by atoms with van der Waals surface area (Å²) in [6.45, 7) is 3.36. The van der Waals surface area contributed by atoms with Crippen molar-refractivity contribution in [3.8, 4) is 0 Å². The van der Waals surface area contributed by atoms with E-state index >= 15 is 0 Å². The van der Waals surface area contributed by atoms with E-state index in [0.29, 0.717) is 5.82 Å². The fraction of sp³-hybridized carbons (Fsp3) is 0.286. The molecule has 1 fully saturated rings. The number of piperazine rings is 1. The number of halogens is 1. The number of nitrogens with one attached hydrogen (secondary N) is 1. The van der Waals surface area contributed by atoms with Crippen LogP contribution >= 0.6 is 11.6 Å². The maximum absolute atomic E-state index is 11.5. The molecule has 0 radical (unpaired) electrons. The molecule has 1 aliphatic heterocycles. The smallest absolute Gasteiger partial charge is 0.271 e. The van der Waals surface area contributed by atoms with E-state index in [4.69, 9.17) is 11.6 Å². The van der Waals surface area contributed by atoms with Crippen LogP contribution in [-0.4, -0.2) is 36.1 Å². The molecule has 5 nitrogen and oxygen atoms in total. The number of aromatic amines is 1. The zero-order chi connectivity index (χ0) is 13.9.